The Kier molecular flexibility index (Phi) is 2.55. The molecule has 1 fully saturated rings. The fraction of sp³-hybridized carbons (Fsp3) is 1.00. The maximum Gasteiger partial charge on any atom is 0.113 e. The van der Waals surface area contributed by atoms with Crippen LogP contribution in [-0.4, -0.2) is 18.4 Å². The smallest absolute Gasteiger partial charge is 0.113 e. The fourth-order valence-corrected chi connectivity index (χ4v) is 1.42. The van der Waals surface area contributed by atoms with Crippen LogP contribution in [0.3, 0.4) is 0 Å². The van der Waals surface area contributed by atoms with Gasteiger partial charge in [-0.15, -0.1) is 0 Å². The molecule has 1 heterocycles. The van der Waals surface area contributed by atoms with Gasteiger partial charge in [0.15, 0.2) is 0 Å². The first-order valence-corrected chi connectivity index (χ1v) is 4.47. The SMILES string of the molecule is CC[C@@H](C)[C@H]1COC(C)(C)N1. The van der Waals surface area contributed by atoms with Gasteiger partial charge in [0, 0.05) is 6.04 Å². The Morgan fingerprint density at radius 1 is 1.64 bits per heavy atom. The molecule has 0 aromatic heterocycles. The van der Waals surface area contributed by atoms with E-state index in [1.54, 1.807) is 0 Å². The van der Waals surface area contributed by atoms with Crippen molar-refractivity contribution < 1.29 is 4.74 Å². The van der Waals surface area contributed by atoms with Crippen molar-refractivity contribution in [1.29, 1.82) is 0 Å². The van der Waals surface area contributed by atoms with Gasteiger partial charge in [-0.3, -0.25) is 5.32 Å². The van der Waals surface area contributed by atoms with E-state index in [4.69, 9.17) is 4.74 Å². The summed E-state index contributed by atoms with van der Waals surface area (Å²) in [4.78, 5) is 0. The number of hydrogen-bond donors (Lipinski definition) is 1. The van der Waals surface area contributed by atoms with Crippen LogP contribution in [0, 0.1) is 5.92 Å². The average Bonchev–Trinajstić information content (AvgIpc) is 2.29. The first-order valence-electron chi connectivity index (χ1n) is 4.47. The summed E-state index contributed by atoms with van der Waals surface area (Å²) in [6.07, 6.45) is 1.22. The first kappa shape index (κ1) is 9.01. The third-order valence-electron chi connectivity index (χ3n) is 2.49. The van der Waals surface area contributed by atoms with Crippen molar-refractivity contribution in [1.82, 2.24) is 5.32 Å². The highest BCUT2D eigenvalue weighted by atomic mass is 16.5. The summed E-state index contributed by atoms with van der Waals surface area (Å²) in [7, 11) is 0. The second-order valence-corrected chi connectivity index (χ2v) is 3.96. The molecule has 0 aromatic rings. The molecule has 0 aromatic carbocycles. The largest absolute Gasteiger partial charge is 0.360 e. The molecular weight excluding hydrogens is 138 g/mol. The molecule has 0 spiro atoms. The summed E-state index contributed by atoms with van der Waals surface area (Å²) < 4.78 is 5.56. The second-order valence-electron chi connectivity index (χ2n) is 3.96. The number of hydrogen-bond acceptors (Lipinski definition) is 2. The maximum absolute atomic E-state index is 5.56. The van der Waals surface area contributed by atoms with Crippen LogP contribution in [0.1, 0.15) is 34.1 Å². The van der Waals surface area contributed by atoms with Crippen molar-refractivity contribution in [3.8, 4) is 0 Å². The van der Waals surface area contributed by atoms with Gasteiger partial charge in [-0.25, -0.2) is 0 Å². The van der Waals surface area contributed by atoms with E-state index in [0.717, 1.165) is 12.5 Å². The van der Waals surface area contributed by atoms with Gasteiger partial charge >= 0.3 is 0 Å². The van der Waals surface area contributed by atoms with Crippen molar-refractivity contribution in [2.45, 2.75) is 45.9 Å². The molecule has 1 rings (SSSR count). The maximum atomic E-state index is 5.56. The van der Waals surface area contributed by atoms with E-state index in [1.807, 2.05) is 0 Å². The topological polar surface area (TPSA) is 21.3 Å². The predicted octanol–water partition coefficient (Wildman–Crippen LogP) is 1.76. The molecule has 0 aliphatic carbocycles. The van der Waals surface area contributed by atoms with E-state index in [2.05, 4.69) is 33.0 Å². The van der Waals surface area contributed by atoms with Crippen LogP contribution < -0.4 is 5.32 Å². The highest BCUT2D eigenvalue weighted by Gasteiger charge is 2.32. The Labute approximate surface area is 69.3 Å². The zero-order chi connectivity index (χ0) is 8.48. The van der Waals surface area contributed by atoms with Crippen molar-refractivity contribution >= 4 is 0 Å². The van der Waals surface area contributed by atoms with Crippen LogP contribution in [-0.2, 0) is 4.74 Å². The van der Waals surface area contributed by atoms with Crippen molar-refractivity contribution in [2.24, 2.45) is 5.92 Å². The van der Waals surface area contributed by atoms with Crippen LogP contribution in [0.2, 0.25) is 0 Å². The lowest BCUT2D eigenvalue weighted by Gasteiger charge is -2.20. The first-order chi connectivity index (χ1) is 5.05. The molecule has 0 unspecified atom stereocenters. The second kappa shape index (κ2) is 3.11. The molecule has 66 valence electrons. The van der Waals surface area contributed by atoms with Gasteiger partial charge in [-0.2, -0.15) is 0 Å². The summed E-state index contributed by atoms with van der Waals surface area (Å²) in [6.45, 7) is 9.51. The predicted molar refractivity (Wildman–Crippen MR) is 46.4 cm³/mol. The number of ether oxygens (including phenoxy) is 1. The fourth-order valence-electron chi connectivity index (χ4n) is 1.42. The number of rotatable bonds is 2. The van der Waals surface area contributed by atoms with Crippen LogP contribution in [0.15, 0.2) is 0 Å². The molecular formula is C9H19NO. The summed E-state index contributed by atoms with van der Waals surface area (Å²) in [5.74, 6) is 0.719. The molecule has 11 heavy (non-hydrogen) atoms. The van der Waals surface area contributed by atoms with Gasteiger partial charge in [0.2, 0.25) is 0 Å². The standard InChI is InChI=1S/C9H19NO/c1-5-7(2)8-6-11-9(3,4)10-8/h7-8,10H,5-6H2,1-4H3/t7-,8-/m1/s1. The van der Waals surface area contributed by atoms with Crippen molar-refractivity contribution in [3.63, 3.8) is 0 Å². The lowest BCUT2D eigenvalue weighted by molar-refractivity contribution is 0.0230. The lowest BCUT2D eigenvalue weighted by atomic mass is 10.0. The average molecular weight is 157 g/mol. The Morgan fingerprint density at radius 3 is 2.64 bits per heavy atom. The summed E-state index contributed by atoms with van der Waals surface area (Å²) in [6, 6.07) is 0.551. The minimum Gasteiger partial charge on any atom is -0.360 e. The quantitative estimate of drug-likeness (QED) is 0.659. The molecule has 1 N–H and O–H groups in total. The van der Waals surface area contributed by atoms with Gasteiger partial charge < -0.3 is 4.74 Å². The molecule has 0 bridgehead atoms. The molecule has 0 saturated carbocycles. The van der Waals surface area contributed by atoms with E-state index in [-0.39, 0.29) is 5.72 Å². The Bertz CT molecular complexity index is 134. The van der Waals surface area contributed by atoms with Crippen LogP contribution in [0.4, 0.5) is 0 Å². The van der Waals surface area contributed by atoms with E-state index in [0.29, 0.717) is 6.04 Å². The van der Waals surface area contributed by atoms with Gasteiger partial charge in [0.1, 0.15) is 5.72 Å². The van der Waals surface area contributed by atoms with Gasteiger partial charge in [-0.05, 0) is 19.8 Å². The van der Waals surface area contributed by atoms with Crippen LogP contribution in [0.25, 0.3) is 0 Å². The van der Waals surface area contributed by atoms with Gasteiger partial charge in [0.05, 0.1) is 6.61 Å². The highest BCUT2D eigenvalue weighted by Crippen LogP contribution is 2.20. The minimum atomic E-state index is -0.103. The van der Waals surface area contributed by atoms with E-state index >= 15 is 0 Å². The third-order valence-corrected chi connectivity index (χ3v) is 2.49. The zero-order valence-electron chi connectivity index (χ0n) is 7.98. The van der Waals surface area contributed by atoms with Gasteiger partial charge in [-0.1, -0.05) is 20.3 Å². The highest BCUT2D eigenvalue weighted by molar-refractivity contribution is 4.84. The summed E-state index contributed by atoms with van der Waals surface area (Å²) in [5, 5.41) is 3.46. The summed E-state index contributed by atoms with van der Waals surface area (Å²) in [5.41, 5.74) is -0.103. The zero-order valence-corrected chi connectivity index (χ0v) is 7.98. The van der Waals surface area contributed by atoms with E-state index < -0.39 is 0 Å². The van der Waals surface area contributed by atoms with E-state index in [9.17, 15) is 0 Å². The minimum absolute atomic E-state index is 0.103. The molecule has 1 aliphatic rings. The van der Waals surface area contributed by atoms with Crippen LogP contribution >= 0.6 is 0 Å². The Morgan fingerprint density at radius 2 is 2.27 bits per heavy atom. The Hall–Kier alpha value is -0.0800. The molecule has 1 saturated heterocycles. The number of nitrogens with one attached hydrogen (secondary N) is 1. The Balaban J connectivity index is 2.41. The monoisotopic (exact) mass is 157 g/mol. The molecule has 0 amide bonds. The third kappa shape index (κ3) is 2.17. The lowest BCUT2D eigenvalue weighted by Crippen LogP contribution is -2.41. The van der Waals surface area contributed by atoms with E-state index in [1.165, 1.54) is 6.42 Å². The molecule has 1 aliphatic heterocycles. The molecule has 2 atom stereocenters. The van der Waals surface area contributed by atoms with Crippen molar-refractivity contribution in [2.75, 3.05) is 6.61 Å². The van der Waals surface area contributed by atoms with Gasteiger partial charge in [0.25, 0.3) is 0 Å². The van der Waals surface area contributed by atoms with Crippen molar-refractivity contribution in [3.05, 3.63) is 0 Å². The molecule has 2 heteroatoms. The van der Waals surface area contributed by atoms with Crippen LogP contribution in [0.5, 0.6) is 0 Å². The normalized spacial score (nSPS) is 32.2. The molecule has 0 radical (unpaired) electrons. The summed E-state index contributed by atoms with van der Waals surface area (Å²) >= 11 is 0. The molecule has 2 nitrogen and oxygen atoms in total.